The molecule has 6 heteroatoms. The van der Waals surface area contributed by atoms with E-state index in [1.54, 1.807) is 26.4 Å². The first-order valence-electron chi connectivity index (χ1n) is 7.92. The van der Waals surface area contributed by atoms with Crippen LogP contribution in [0.5, 0.6) is 11.5 Å². The number of rotatable bonds is 7. The van der Waals surface area contributed by atoms with E-state index < -0.39 is 0 Å². The maximum Gasteiger partial charge on any atom is 0.241 e. The van der Waals surface area contributed by atoms with Crippen molar-refractivity contribution in [1.29, 1.82) is 0 Å². The molecule has 0 bridgehead atoms. The molecule has 2 aromatic rings. The fourth-order valence-corrected chi connectivity index (χ4v) is 2.62. The molecule has 25 heavy (non-hydrogen) atoms. The number of likely N-dealkylation sites (N-methyl/N-ethyl adjacent to an activating group) is 1. The average Bonchev–Trinajstić information content (AvgIpc) is 2.61. The van der Waals surface area contributed by atoms with Crippen LogP contribution in [0.15, 0.2) is 42.5 Å². The summed E-state index contributed by atoms with van der Waals surface area (Å²) in [5.41, 5.74) is 1.63. The Morgan fingerprint density at radius 1 is 1.20 bits per heavy atom. The number of ether oxygens (including phenoxy) is 2. The molecule has 0 aromatic heterocycles. The Balaban J connectivity index is 2.04. The summed E-state index contributed by atoms with van der Waals surface area (Å²) in [7, 11) is 5.09. The molecule has 134 valence electrons. The molecule has 0 aliphatic rings. The zero-order valence-electron chi connectivity index (χ0n) is 14.9. The standard InChI is InChI=1S/C19H23ClN2O3/c1-13(19(23)21-16-6-5-7-17(11-16)24-3)22(2)12-14-10-15(20)8-9-18(14)25-4/h5-11,13H,12H2,1-4H3,(H,21,23)/t13-/m1/s1. The van der Waals surface area contributed by atoms with Crippen LogP contribution in [-0.4, -0.2) is 38.1 Å². The zero-order chi connectivity index (χ0) is 18.4. The van der Waals surface area contributed by atoms with Gasteiger partial charge in [-0.25, -0.2) is 0 Å². The highest BCUT2D eigenvalue weighted by Crippen LogP contribution is 2.24. The summed E-state index contributed by atoms with van der Waals surface area (Å²) in [5.74, 6) is 1.34. The molecule has 5 nitrogen and oxygen atoms in total. The van der Waals surface area contributed by atoms with Gasteiger partial charge >= 0.3 is 0 Å². The van der Waals surface area contributed by atoms with Gasteiger partial charge in [-0.1, -0.05) is 17.7 Å². The predicted octanol–water partition coefficient (Wildman–Crippen LogP) is 3.82. The highest BCUT2D eigenvalue weighted by molar-refractivity contribution is 6.30. The third kappa shape index (κ3) is 5.11. The van der Waals surface area contributed by atoms with Crippen LogP contribution in [0.2, 0.25) is 5.02 Å². The molecule has 0 radical (unpaired) electrons. The fraction of sp³-hybridized carbons (Fsp3) is 0.316. The minimum absolute atomic E-state index is 0.100. The number of methoxy groups -OCH3 is 2. The highest BCUT2D eigenvalue weighted by Gasteiger charge is 2.19. The van der Waals surface area contributed by atoms with Gasteiger partial charge in [0.25, 0.3) is 0 Å². The van der Waals surface area contributed by atoms with Crippen LogP contribution in [-0.2, 0) is 11.3 Å². The number of benzene rings is 2. The lowest BCUT2D eigenvalue weighted by atomic mass is 10.1. The van der Waals surface area contributed by atoms with Crippen molar-refractivity contribution in [3.8, 4) is 11.5 Å². The molecule has 2 rings (SSSR count). The number of hydrogen-bond donors (Lipinski definition) is 1. The molecule has 1 N–H and O–H groups in total. The van der Waals surface area contributed by atoms with Crippen molar-refractivity contribution in [2.24, 2.45) is 0 Å². The van der Waals surface area contributed by atoms with Crippen LogP contribution in [0.4, 0.5) is 5.69 Å². The largest absolute Gasteiger partial charge is 0.497 e. The maximum absolute atomic E-state index is 12.5. The van der Waals surface area contributed by atoms with Crippen LogP contribution >= 0.6 is 11.6 Å². The molecule has 0 aliphatic carbocycles. The number of nitrogens with zero attached hydrogens (tertiary/aromatic N) is 1. The van der Waals surface area contributed by atoms with Crippen molar-refractivity contribution in [1.82, 2.24) is 4.90 Å². The first-order chi connectivity index (χ1) is 11.9. The summed E-state index contributed by atoms with van der Waals surface area (Å²) < 4.78 is 10.5. The third-order valence-electron chi connectivity index (χ3n) is 4.04. The molecule has 2 aromatic carbocycles. The number of nitrogens with one attached hydrogen (secondary N) is 1. The molecule has 0 spiro atoms. The second-order valence-corrected chi connectivity index (χ2v) is 6.20. The first kappa shape index (κ1) is 19.1. The van der Waals surface area contributed by atoms with E-state index in [0.717, 1.165) is 11.3 Å². The monoisotopic (exact) mass is 362 g/mol. The normalized spacial score (nSPS) is 11.9. The van der Waals surface area contributed by atoms with Crippen molar-refractivity contribution in [2.45, 2.75) is 19.5 Å². The zero-order valence-corrected chi connectivity index (χ0v) is 15.6. The lowest BCUT2D eigenvalue weighted by Crippen LogP contribution is -2.39. The van der Waals surface area contributed by atoms with Gasteiger partial charge in [0, 0.05) is 28.9 Å². The van der Waals surface area contributed by atoms with Crippen LogP contribution < -0.4 is 14.8 Å². The van der Waals surface area contributed by atoms with Crippen molar-refractivity contribution < 1.29 is 14.3 Å². The lowest BCUT2D eigenvalue weighted by molar-refractivity contribution is -0.120. The predicted molar refractivity (Wildman–Crippen MR) is 101 cm³/mol. The Morgan fingerprint density at radius 2 is 1.96 bits per heavy atom. The van der Waals surface area contributed by atoms with Gasteiger partial charge < -0.3 is 14.8 Å². The second-order valence-electron chi connectivity index (χ2n) is 5.77. The molecular weight excluding hydrogens is 340 g/mol. The quantitative estimate of drug-likeness (QED) is 0.813. The van der Waals surface area contributed by atoms with Crippen molar-refractivity contribution in [3.63, 3.8) is 0 Å². The summed E-state index contributed by atoms with van der Waals surface area (Å²) in [6.45, 7) is 2.39. The van der Waals surface area contributed by atoms with Gasteiger partial charge in [-0.3, -0.25) is 9.69 Å². The van der Waals surface area contributed by atoms with E-state index in [4.69, 9.17) is 21.1 Å². The first-order valence-corrected chi connectivity index (χ1v) is 8.30. The average molecular weight is 363 g/mol. The molecule has 1 amide bonds. The lowest BCUT2D eigenvalue weighted by Gasteiger charge is -2.25. The summed E-state index contributed by atoms with van der Waals surface area (Å²) in [6.07, 6.45) is 0. The highest BCUT2D eigenvalue weighted by atomic mass is 35.5. The van der Waals surface area contributed by atoms with Gasteiger partial charge in [0.1, 0.15) is 11.5 Å². The summed E-state index contributed by atoms with van der Waals surface area (Å²) >= 11 is 6.07. The van der Waals surface area contributed by atoms with E-state index in [1.165, 1.54) is 0 Å². The molecule has 0 saturated heterocycles. The van der Waals surface area contributed by atoms with Gasteiger partial charge in [-0.2, -0.15) is 0 Å². The Morgan fingerprint density at radius 3 is 2.64 bits per heavy atom. The molecule has 0 heterocycles. The smallest absolute Gasteiger partial charge is 0.241 e. The number of carbonyl (C=O) groups excluding carboxylic acids is 1. The Hall–Kier alpha value is -2.24. The van der Waals surface area contributed by atoms with Gasteiger partial charge in [-0.15, -0.1) is 0 Å². The van der Waals surface area contributed by atoms with Gasteiger partial charge in [0.05, 0.1) is 20.3 Å². The van der Waals surface area contributed by atoms with Crippen LogP contribution in [0.25, 0.3) is 0 Å². The van der Waals surface area contributed by atoms with Crippen molar-refractivity contribution in [3.05, 3.63) is 53.1 Å². The Bertz CT molecular complexity index is 736. The van der Waals surface area contributed by atoms with Gasteiger partial charge in [0.2, 0.25) is 5.91 Å². The molecule has 1 atom stereocenters. The van der Waals surface area contributed by atoms with Gasteiger partial charge in [-0.05, 0) is 44.3 Å². The van der Waals surface area contributed by atoms with Gasteiger partial charge in [0.15, 0.2) is 0 Å². The maximum atomic E-state index is 12.5. The Kier molecular flexibility index (Phi) is 6.67. The number of anilines is 1. The minimum atomic E-state index is -0.338. The van der Waals surface area contributed by atoms with E-state index in [1.807, 2.05) is 49.2 Å². The summed E-state index contributed by atoms with van der Waals surface area (Å²) in [4.78, 5) is 14.4. The van der Waals surface area contributed by atoms with E-state index in [0.29, 0.717) is 23.0 Å². The van der Waals surface area contributed by atoms with Crippen LogP contribution in [0, 0.1) is 0 Å². The molecule has 0 saturated carbocycles. The number of hydrogen-bond acceptors (Lipinski definition) is 4. The van der Waals surface area contributed by atoms with Crippen LogP contribution in [0.3, 0.4) is 0 Å². The van der Waals surface area contributed by atoms with Crippen molar-refractivity contribution >= 4 is 23.2 Å². The summed E-state index contributed by atoms with van der Waals surface area (Å²) in [6, 6.07) is 12.4. The van der Waals surface area contributed by atoms with Crippen molar-refractivity contribution in [2.75, 3.05) is 26.6 Å². The molecule has 0 fully saturated rings. The summed E-state index contributed by atoms with van der Waals surface area (Å²) in [5, 5.41) is 3.54. The topological polar surface area (TPSA) is 50.8 Å². The number of carbonyl (C=O) groups is 1. The third-order valence-corrected chi connectivity index (χ3v) is 4.28. The van der Waals surface area contributed by atoms with E-state index in [2.05, 4.69) is 5.32 Å². The molecule has 0 aliphatic heterocycles. The van der Waals surface area contributed by atoms with E-state index in [9.17, 15) is 4.79 Å². The fourth-order valence-electron chi connectivity index (χ4n) is 2.42. The number of halogens is 1. The van der Waals surface area contributed by atoms with E-state index >= 15 is 0 Å². The number of amides is 1. The van der Waals surface area contributed by atoms with E-state index in [-0.39, 0.29) is 11.9 Å². The second kappa shape index (κ2) is 8.74. The minimum Gasteiger partial charge on any atom is -0.497 e. The van der Waals surface area contributed by atoms with Crippen LogP contribution in [0.1, 0.15) is 12.5 Å². The molecular formula is C19H23ClN2O3. The molecule has 0 unspecified atom stereocenters. The SMILES string of the molecule is COc1cccc(NC(=O)[C@@H](C)N(C)Cc2cc(Cl)ccc2OC)c1. The Labute approximate surface area is 153 Å².